The van der Waals surface area contributed by atoms with Crippen LogP contribution in [0.3, 0.4) is 0 Å². The third kappa shape index (κ3) is 3.01. The highest BCUT2D eigenvalue weighted by Crippen LogP contribution is 2.17. The van der Waals surface area contributed by atoms with Gasteiger partial charge in [-0.1, -0.05) is 17.7 Å². The Labute approximate surface area is 111 Å². The van der Waals surface area contributed by atoms with Crippen LogP contribution in [0.2, 0.25) is 5.02 Å². The molecule has 0 unspecified atom stereocenters. The van der Waals surface area contributed by atoms with Crippen LogP contribution in [-0.2, 0) is 6.54 Å². The molecule has 0 bridgehead atoms. The summed E-state index contributed by atoms with van der Waals surface area (Å²) in [5.74, 6) is -0.395. The van der Waals surface area contributed by atoms with E-state index in [0.29, 0.717) is 12.6 Å². The van der Waals surface area contributed by atoms with Crippen molar-refractivity contribution in [3.05, 3.63) is 47.0 Å². The number of halogens is 2. The Bertz CT molecular complexity index is 537. The topological polar surface area (TPSA) is 29.9 Å². The van der Waals surface area contributed by atoms with E-state index in [0.717, 1.165) is 11.3 Å². The van der Waals surface area contributed by atoms with Crippen LogP contribution in [0, 0.1) is 5.82 Å². The summed E-state index contributed by atoms with van der Waals surface area (Å²) in [5, 5.41) is 7.55. The summed E-state index contributed by atoms with van der Waals surface area (Å²) in [5.41, 5.74) is 1.76. The van der Waals surface area contributed by atoms with Crippen molar-refractivity contribution in [2.45, 2.75) is 26.4 Å². The van der Waals surface area contributed by atoms with Gasteiger partial charge in [-0.25, -0.2) is 4.39 Å². The van der Waals surface area contributed by atoms with Crippen LogP contribution >= 0.6 is 11.6 Å². The van der Waals surface area contributed by atoms with Gasteiger partial charge < -0.3 is 5.32 Å². The maximum absolute atomic E-state index is 13.2. The van der Waals surface area contributed by atoms with Gasteiger partial charge in [-0.05, 0) is 31.5 Å². The summed E-state index contributed by atoms with van der Waals surface area (Å²) >= 11 is 5.63. The lowest BCUT2D eigenvalue weighted by Crippen LogP contribution is -2.01. The standard InChI is InChI=1S/C13H15ClFN3/c1-9(2)18-8-11(7-17-18)16-6-10-3-4-12(14)13(15)5-10/h3-5,7-9,16H,6H2,1-2H3. The first-order valence-corrected chi connectivity index (χ1v) is 6.16. The Kier molecular flexibility index (Phi) is 3.87. The largest absolute Gasteiger partial charge is 0.378 e. The van der Waals surface area contributed by atoms with Crippen molar-refractivity contribution in [1.82, 2.24) is 9.78 Å². The molecule has 0 spiro atoms. The lowest BCUT2D eigenvalue weighted by Gasteiger charge is -2.05. The molecule has 0 aliphatic carbocycles. The van der Waals surface area contributed by atoms with E-state index < -0.39 is 5.82 Å². The molecule has 0 aliphatic rings. The zero-order chi connectivity index (χ0) is 13.1. The highest BCUT2D eigenvalue weighted by atomic mass is 35.5. The SMILES string of the molecule is CC(C)n1cc(NCc2ccc(Cl)c(F)c2)cn1. The van der Waals surface area contributed by atoms with Crippen molar-refractivity contribution in [2.75, 3.05) is 5.32 Å². The highest BCUT2D eigenvalue weighted by Gasteiger charge is 2.03. The van der Waals surface area contributed by atoms with E-state index >= 15 is 0 Å². The predicted molar refractivity (Wildman–Crippen MR) is 71.3 cm³/mol. The summed E-state index contributed by atoms with van der Waals surface area (Å²) in [4.78, 5) is 0. The summed E-state index contributed by atoms with van der Waals surface area (Å²) < 4.78 is 15.1. The van der Waals surface area contributed by atoms with Crippen LogP contribution in [0.1, 0.15) is 25.5 Å². The number of nitrogens with zero attached hydrogens (tertiary/aromatic N) is 2. The van der Waals surface area contributed by atoms with Crippen molar-refractivity contribution in [2.24, 2.45) is 0 Å². The molecule has 0 amide bonds. The molecular weight excluding hydrogens is 253 g/mol. The molecule has 18 heavy (non-hydrogen) atoms. The van der Waals surface area contributed by atoms with Crippen molar-refractivity contribution in [1.29, 1.82) is 0 Å². The lowest BCUT2D eigenvalue weighted by molar-refractivity contribution is 0.532. The predicted octanol–water partition coefficient (Wildman–Crippen LogP) is 3.87. The van der Waals surface area contributed by atoms with Crippen LogP contribution in [0.15, 0.2) is 30.6 Å². The first-order chi connectivity index (χ1) is 8.56. The normalized spacial score (nSPS) is 10.9. The third-order valence-corrected chi connectivity index (χ3v) is 2.92. The molecular formula is C13H15ClFN3. The van der Waals surface area contributed by atoms with Gasteiger partial charge in [0.2, 0.25) is 0 Å². The number of nitrogens with one attached hydrogen (secondary N) is 1. The van der Waals surface area contributed by atoms with E-state index in [1.807, 2.05) is 10.9 Å². The zero-order valence-electron chi connectivity index (χ0n) is 10.3. The van der Waals surface area contributed by atoms with Gasteiger partial charge in [-0.3, -0.25) is 4.68 Å². The Morgan fingerprint density at radius 3 is 2.83 bits per heavy atom. The second-order valence-electron chi connectivity index (χ2n) is 4.40. The Morgan fingerprint density at radius 2 is 2.22 bits per heavy atom. The van der Waals surface area contributed by atoms with Crippen LogP contribution in [-0.4, -0.2) is 9.78 Å². The molecule has 0 atom stereocenters. The molecule has 96 valence electrons. The summed E-state index contributed by atoms with van der Waals surface area (Å²) in [6.45, 7) is 4.66. The van der Waals surface area contributed by atoms with E-state index in [1.54, 1.807) is 18.3 Å². The van der Waals surface area contributed by atoms with Crippen LogP contribution in [0.25, 0.3) is 0 Å². The number of benzene rings is 1. The zero-order valence-corrected chi connectivity index (χ0v) is 11.1. The average molecular weight is 268 g/mol. The van der Waals surface area contributed by atoms with E-state index in [-0.39, 0.29) is 5.02 Å². The smallest absolute Gasteiger partial charge is 0.142 e. The van der Waals surface area contributed by atoms with Crippen molar-refractivity contribution < 1.29 is 4.39 Å². The minimum atomic E-state index is -0.395. The van der Waals surface area contributed by atoms with Crippen LogP contribution in [0.4, 0.5) is 10.1 Å². The van der Waals surface area contributed by atoms with E-state index in [4.69, 9.17) is 11.6 Å². The molecule has 2 aromatic rings. The van der Waals surface area contributed by atoms with E-state index in [1.165, 1.54) is 6.07 Å². The summed E-state index contributed by atoms with van der Waals surface area (Å²) in [6, 6.07) is 5.12. The number of hydrogen-bond donors (Lipinski definition) is 1. The molecule has 3 nitrogen and oxygen atoms in total. The number of aromatic nitrogens is 2. The highest BCUT2D eigenvalue weighted by molar-refractivity contribution is 6.30. The second-order valence-corrected chi connectivity index (χ2v) is 4.81. The van der Waals surface area contributed by atoms with Gasteiger partial charge in [-0.2, -0.15) is 5.10 Å². The van der Waals surface area contributed by atoms with Gasteiger partial charge in [0, 0.05) is 18.8 Å². The fourth-order valence-electron chi connectivity index (χ4n) is 1.57. The molecule has 0 aliphatic heterocycles. The van der Waals surface area contributed by atoms with Gasteiger partial charge in [0.15, 0.2) is 0 Å². The molecule has 0 saturated heterocycles. The molecule has 0 saturated carbocycles. The molecule has 0 radical (unpaired) electrons. The minimum absolute atomic E-state index is 0.145. The minimum Gasteiger partial charge on any atom is -0.378 e. The Balaban J connectivity index is 2.00. The van der Waals surface area contributed by atoms with E-state index in [2.05, 4.69) is 24.3 Å². The monoisotopic (exact) mass is 267 g/mol. The Morgan fingerprint density at radius 1 is 1.44 bits per heavy atom. The van der Waals surface area contributed by atoms with Crippen molar-refractivity contribution in [3.8, 4) is 0 Å². The molecule has 0 fully saturated rings. The quantitative estimate of drug-likeness (QED) is 0.911. The molecule has 1 aromatic carbocycles. The lowest BCUT2D eigenvalue weighted by atomic mass is 10.2. The molecule has 1 N–H and O–H groups in total. The number of anilines is 1. The number of rotatable bonds is 4. The fraction of sp³-hybridized carbons (Fsp3) is 0.308. The molecule has 5 heteroatoms. The Hall–Kier alpha value is -1.55. The fourth-order valence-corrected chi connectivity index (χ4v) is 1.68. The van der Waals surface area contributed by atoms with Gasteiger partial charge in [0.1, 0.15) is 5.82 Å². The number of hydrogen-bond acceptors (Lipinski definition) is 2. The maximum atomic E-state index is 13.2. The first kappa shape index (κ1) is 12.9. The second kappa shape index (κ2) is 5.40. The average Bonchev–Trinajstić information content (AvgIpc) is 2.79. The van der Waals surface area contributed by atoms with Crippen molar-refractivity contribution in [3.63, 3.8) is 0 Å². The van der Waals surface area contributed by atoms with Gasteiger partial charge in [0.25, 0.3) is 0 Å². The van der Waals surface area contributed by atoms with Gasteiger partial charge in [0.05, 0.1) is 16.9 Å². The molecule has 1 aromatic heterocycles. The third-order valence-electron chi connectivity index (χ3n) is 2.61. The van der Waals surface area contributed by atoms with Crippen LogP contribution in [0.5, 0.6) is 0 Å². The van der Waals surface area contributed by atoms with Gasteiger partial charge >= 0.3 is 0 Å². The first-order valence-electron chi connectivity index (χ1n) is 5.78. The van der Waals surface area contributed by atoms with E-state index in [9.17, 15) is 4.39 Å². The van der Waals surface area contributed by atoms with Crippen molar-refractivity contribution >= 4 is 17.3 Å². The summed E-state index contributed by atoms with van der Waals surface area (Å²) in [7, 11) is 0. The maximum Gasteiger partial charge on any atom is 0.142 e. The summed E-state index contributed by atoms with van der Waals surface area (Å²) in [6.07, 6.45) is 3.68. The molecule has 1 heterocycles. The van der Waals surface area contributed by atoms with Crippen LogP contribution < -0.4 is 5.32 Å². The van der Waals surface area contributed by atoms with Gasteiger partial charge in [-0.15, -0.1) is 0 Å². The molecule has 2 rings (SSSR count).